The number of halogens is 7. The van der Waals surface area contributed by atoms with Gasteiger partial charge in [0.2, 0.25) is 0 Å². The zero-order valence-electron chi connectivity index (χ0n) is 35.6. The number of rotatable bonds is 6. The standard InChI is InChI=1S/C18H11F2N3.C17H11BrF2N2.C17H12F2N2O/c1-11-15(12-7-4-3-5-8-12)17(18(21-2)23-22-11)16-13(19)9-6-10-14(16)20;1-10-14(11-6-3-2-4-7-11)16(17(18)22-21-10)15-12(19)8-5-9-13(15)20;1-10-14(11-6-3-2-4-7-11)16(17(22)21-20-10)15-12(18)8-5-9-13(15)19/h3-10H,1H3;2-9H,1H3;2-9H,1H3,(H,21,22). The van der Waals surface area contributed by atoms with E-state index in [2.05, 4.69) is 51.4 Å². The van der Waals surface area contributed by atoms with Crippen molar-refractivity contribution >= 4 is 21.7 Å². The van der Waals surface area contributed by atoms with Crippen molar-refractivity contribution in [2.24, 2.45) is 0 Å². The number of aromatic nitrogens is 6. The Morgan fingerprint density at radius 1 is 0.418 bits per heavy atom. The molecule has 0 aliphatic carbocycles. The Morgan fingerprint density at radius 3 is 1.16 bits per heavy atom. The average molecular weight is 967 g/mol. The van der Waals surface area contributed by atoms with Crippen LogP contribution >= 0.6 is 15.9 Å². The smallest absolute Gasteiger partial charge is 0.304 e. The van der Waals surface area contributed by atoms with Gasteiger partial charge in [-0.3, -0.25) is 4.79 Å². The summed E-state index contributed by atoms with van der Waals surface area (Å²) in [4.78, 5) is 15.5. The molecular weight excluding hydrogens is 933 g/mol. The van der Waals surface area contributed by atoms with E-state index >= 15 is 0 Å². The second-order valence-corrected chi connectivity index (χ2v) is 15.3. The number of hydrogen-bond acceptors (Lipinski definition) is 6. The highest BCUT2D eigenvalue weighted by atomic mass is 79.9. The SMILES string of the molecule is Cc1n[nH]c(=O)c(-c2c(F)cccc2F)c1-c1ccccc1.Cc1nnc(Br)c(-c2c(F)cccc2F)c1-c1ccccc1.[C-]#[N+]c1nnc(C)c(-c2ccccc2)c1-c1c(F)cccc1F. The van der Waals surface area contributed by atoms with Gasteiger partial charge in [0.25, 0.3) is 5.56 Å². The van der Waals surface area contributed by atoms with E-state index in [0.29, 0.717) is 49.5 Å². The molecule has 332 valence electrons. The average Bonchev–Trinajstić information content (AvgIpc) is 3.32. The molecule has 0 spiro atoms. The van der Waals surface area contributed by atoms with E-state index in [9.17, 15) is 31.1 Å². The highest BCUT2D eigenvalue weighted by Crippen LogP contribution is 2.42. The minimum atomic E-state index is -0.784. The molecule has 0 saturated carbocycles. The molecule has 0 atom stereocenters. The molecule has 0 aliphatic rings. The second kappa shape index (κ2) is 20.8. The van der Waals surface area contributed by atoms with Crippen molar-refractivity contribution < 1.29 is 26.3 Å². The Labute approximate surface area is 388 Å². The predicted octanol–water partition coefficient (Wildman–Crippen LogP) is 13.8. The van der Waals surface area contributed by atoms with Gasteiger partial charge in [0.05, 0.1) is 33.8 Å². The maximum Gasteiger partial charge on any atom is 0.304 e. The first kappa shape index (κ1) is 46.9. The van der Waals surface area contributed by atoms with Crippen LogP contribution in [-0.4, -0.2) is 30.6 Å². The fraction of sp³-hybridized carbons (Fsp3) is 0.0577. The quantitative estimate of drug-likeness (QED) is 0.132. The van der Waals surface area contributed by atoms with Crippen LogP contribution in [0.15, 0.2) is 155 Å². The summed E-state index contributed by atoms with van der Waals surface area (Å²) in [6.45, 7) is 12.4. The monoisotopic (exact) mass is 965 g/mol. The molecule has 0 saturated heterocycles. The summed E-state index contributed by atoms with van der Waals surface area (Å²) in [5.41, 5.74) is 4.54. The summed E-state index contributed by atoms with van der Waals surface area (Å²) in [7, 11) is 0. The number of H-pyrrole nitrogens is 1. The summed E-state index contributed by atoms with van der Waals surface area (Å²) in [5, 5.41) is 22.0. The number of nitrogens with zero attached hydrogens (tertiary/aromatic N) is 6. The molecule has 67 heavy (non-hydrogen) atoms. The van der Waals surface area contributed by atoms with Crippen LogP contribution in [0.1, 0.15) is 17.1 Å². The van der Waals surface area contributed by atoms with Crippen molar-refractivity contribution in [2.45, 2.75) is 20.8 Å². The Morgan fingerprint density at radius 2 is 0.761 bits per heavy atom. The van der Waals surface area contributed by atoms with Crippen LogP contribution in [-0.2, 0) is 0 Å². The predicted molar refractivity (Wildman–Crippen MR) is 249 cm³/mol. The van der Waals surface area contributed by atoms with E-state index in [0.717, 1.165) is 35.4 Å². The van der Waals surface area contributed by atoms with E-state index in [1.54, 1.807) is 57.2 Å². The second-order valence-electron chi connectivity index (χ2n) is 14.6. The van der Waals surface area contributed by atoms with Gasteiger partial charge >= 0.3 is 5.82 Å². The summed E-state index contributed by atoms with van der Waals surface area (Å²) in [6.07, 6.45) is 0. The van der Waals surface area contributed by atoms with Gasteiger partial charge in [0, 0.05) is 33.4 Å². The third-order valence-corrected chi connectivity index (χ3v) is 10.9. The molecule has 0 bridgehead atoms. The van der Waals surface area contributed by atoms with Gasteiger partial charge in [-0.1, -0.05) is 121 Å². The van der Waals surface area contributed by atoms with Crippen molar-refractivity contribution in [2.75, 3.05) is 0 Å². The maximum atomic E-state index is 14.3. The summed E-state index contributed by atoms with van der Waals surface area (Å²) in [6, 6.07) is 38.3. The molecule has 8 nitrogen and oxygen atoms in total. The molecule has 6 aromatic carbocycles. The lowest BCUT2D eigenvalue weighted by Crippen LogP contribution is -2.15. The van der Waals surface area contributed by atoms with Gasteiger partial charge < -0.3 is 4.85 Å². The van der Waals surface area contributed by atoms with Crippen LogP contribution in [0.5, 0.6) is 0 Å². The van der Waals surface area contributed by atoms with E-state index in [4.69, 9.17) is 6.57 Å². The third-order valence-electron chi connectivity index (χ3n) is 10.3. The van der Waals surface area contributed by atoms with Gasteiger partial charge in [-0.25, -0.2) is 31.4 Å². The van der Waals surface area contributed by atoms with Crippen LogP contribution in [0.3, 0.4) is 0 Å². The Kier molecular flexibility index (Phi) is 14.6. The first-order valence-corrected chi connectivity index (χ1v) is 21.0. The van der Waals surface area contributed by atoms with E-state index < -0.39 is 40.5 Å². The minimum Gasteiger partial charge on any atom is -0.358 e. The van der Waals surface area contributed by atoms with E-state index in [-0.39, 0.29) is 33.6 Å². The molecule has 3 aromatic heterocycles. The normalized spacial score (nSPS) is 10.6. The molecule has 3 heterocycles. The fourth-order valence-corrected chi connectivity index (χ4v) is 7.90. The summed E-state index contributed by atoms with van der Waals surface area (Å²) < 4.78 is 85.6. The van der Waals surface area contributed by atoms with Crippen LogP contribution in [0.2, 0.25) is 0 Å². The van der Waals surface area contributed by atoms with E-state index in [1.165, 1.54) is 30.3 Å². The number of aromatic amines is 1. The first-order chi connectivity index (χ1) is 32.3. The van der Waals surface area contributed by atoms with Crippen LogP contribution in [0.25, 0.3) is 71.6 Å². The molecule has 0 radical (unpaired) electrons. The van der Waals surface area contributed by atoms with Gasteiger partial charge in [-0.2, -0.15) is 10.2 Å². The number of nitrogens with one attached hydrogen (secondary N) is 1. The van der Waals surface area contributed by atoms with Gasteiger partial charge in [0.1, 0.15) is 39.5 Å². The number of hydrogen-bond donors (Lipinski definition) is 1. The highest BCUT2D eigenvalue weighted by Gasteiger charge is 2.25. The molecule has 0 amide bonds. The molecule has 0 fully saturated rings. The van der Waals surface area contributed by atoms with Gasteiger partial charge in [-0.15, -0.1) is 5.10 Å². The molecule has 15 heteroatoms. The maximum absolute atomic E-state index is 14.3. The van der Waals surface area contributed by atoms with Gasteiger partial charge in [-0.05, 0) is 94.9 Å². The molecule has 0 aliphatic heterocycles. The van der Waals surface area contributed by atoms with Gasteiger partial charge in [0.15, 0.2) is 0 Å². The minimum absolute atomic E-state index is 0.0469. The van der Waals surface area contributed by atoms with Crippen molar-refractivity contribution in [3.8, 4) is 66.8 Å². The number of benzene rings is 6. The van der Waals surface area contributed by atoms with Crippen LogP contribution in [0.4, 0.5) is 32.2 Å². The summed E-state index contributed by atoms with van der Waals surface area (Å²) in [5.74, 6) is -4.44. The molecular formula is C52H34BrF6N7O. The molecule has 9 rings (SSSR count). The van der Waals surface area contributed by atoms with Crippen molar-refractivity contribution in [3.63, 3.8) is 0 Å². The van der Waals surface area contributed by atoms with Crippen molar-refractivity contribution in [1.82, 2.24) is 30.6 Å². The van der Waals surface area contributed by atoms with Crippen molar-refractivity contribution in [1.29, 1.82) is 0 Å². The number of aryl methyl sites for hydroxylation is 3. The lowest BCUT2D eigenvalue weighted by atomic mass is 9.93. The van der Waals surface area contributed by atoms with Crippen LogP contribution < -0.4 is 5.56 Å². The lowest BCUT2D eigenvalue weighted by molar-refractivity contribution is 0.588. The Hall–Kier alpha value is -8.09. The Balaban J connectivity index is 0.000000149. The molecule has 1 N–H and O–H groups in total. The van der Waals surface area contributed by atoms with Crippen LogP contribution in [0, 0.1) is 62.2 Å². The fourth-order valence-electron chi connectivity index (χ4n) is 7.42. The summed E-state index contributed by atoms with van der Waals surface area (Å²) >= 11 is 3.28. The highest BCUT2D eigenvalue weighted by molar-refractivity contribution is 9.10. The lowest BCUT2D eigenvalue weighted by Gasteiger charge is -2.14. The molecule has 0 unspecified atom stereocenters. The van der Waals surface area contributed by atoms with Crippen molar-refractivity contribution in [3.05, 3.63) is 224 Å². The molecule has 9 aromatic rings. The zero-order chi connectivity index (χ0) is 47.8. The topological polar surface area (TPSA) is 102 Å². The first-order valence-electron chi connectivity index (χ1n) is 20.2. The van der Waals surface area contributed by atoms with E-state index in [1.807, 2.05) is 54.6 Å². The third kappa shape index (κ3) is 9.95. The zero-order valence-corrected chi connectivity index (χ0v) is 37.2. The Bertz CT molecular complexity index is 3290. The largest absolute Gasteiger partial charge is 0.358 e.